The zero-order valence-electron chi connectivity index (χ0n) is 12.5. The molecule has 1 amide bonds. The van der Waals surface area contributed by atoms with Gasteiger partial charge < -0.3 is 10.1 Å². The molecule has 0 bridgehead atoms. The Bertz CT molecular complexity index is 688. The van der Waals surface area contributed by atoms with Crippen LogP contribution in [0.3, 0.4) is 0 Å². The molecular weight excluding hydrogens is 317 g/mol. The fraction of sp³-hybridized carbons (Fsp3) is 0.176. The zero-order valence-corrected chi connectivity index (χ0v) is 13.4. The molecule has 0 spiro atoms. The molecule has 0 aromatic heterocycles. The average Bonchev–Trinajstić information content (AvgIpc) is 2.54. The van der Waals surface area contributed by atoms with E-state index in [2.05, 4.69) is 5.32 Å². The Morgan fingerprint density at radius 2 is 1.83 bits per heavy atom. The van der Waals surface area contributed by atoms with E-state index in [1.54, 1.807) is 0 Å². The Morgan fingerprint density at radius 3 is 2.52 bits per heavy atom. The number of aryl methyl sites for hydroxylation is 1. The van der Waals surface area contributed by atoms with Crippen LogP contribution in [0, 0.1) is 12.7 Å². The molecule has 6 heteroatoms. The minimum atomic E-state index is -0.467. The third-order valence-electron chi connectivity index (χ3n) is 2.93. The van der Waals surface area contributed by atoms with Crippen molar-refractivity contribution in [2.24, 2.45) is 0 Å². The molecule has 23 heavy (non-hydrogen) atoms. The Morgan fingerprint density at radius 1 is 1.13 bits per heavy atom. The van der Waals surface area contributed by atoms with E-state index in [1.807, 2.05) is 31.2 Å². The third kappa shape index (κ3) is 5.75. The van der Waals surface area contributed by atoms with Crippen LogP contribution in [0.25, 0.3) is 0 Å². The van der Waals surface area contributed by atoms with E-state index in [0.29, 0.717) is 5.69 Å². The molecule has 2 rings (SSSR count). The second-order valence-electron chi connectivity index (χ2n) is 4.77. The summed E-state index contributed by atoms with van der Waals surface area (Å²) in [4.78, 5) is 24.3. The number of anilines is 1. The number of nitrogens with one attached hydrogen (secondary N) is 1. The minimum Gasteiger partial charge on any atom is -0.455 e. The van der Waals surface area contributed by atoms with Crippen molar-refractivity contribution in [3.8, 4) is 0 Å². The molecule has 0 heterocycles. The van der Waals surface area contributed by atoms with Crippen molar-refractivity contribution in [1.29, 1.82) is 0 Å². The highest BCUT2D eigenvalue weighted by atomic mass is 32.2. The van der Waals surface area contributed by atoms with Crippen LogP contribution in [-0.2, 0) is 14.3 Å². The number of ether oxygens (including phenoxy) is 1. The van der Waals surface area contributed by atoms with Crippen LogP contribution in [0.1, 0.15) is 5.56 Å². The standard InChI is InChI=1S/C17H16FNO3S/c1-12-4-2-3-5-15(12)23-11-17(21)22-10-16(20)19-14-8-6-13(18)7-9-14/h2-9H,10-11H2,1H3,(H,19,20). The van der Waals surface area contributed by atoms with E-state index in [0.717, 1.165) is 10.5 Å². The highest BCUT2D eigenvalue weighted by Gasteiger charge is 2.09. The average molecular weight is 333 g/mol. The van der Waals surface area contributed by atoms with Crippen molar-refractivity contribution in [2.75, 3.05) is 17.7 Å². The lowest BCUT2D eigenvalue weighted by molar-refractivity contribution is -0.144. The lowest BCUT2D eigenvalue weighted by Gasteiger charge is -2.07. The predicted octanol–water partition coefficient (Wildman–Crippen LogP) is 3.41. The number of thioether (sulfide) groups is 1. The molecule has 0 saturated heterocycles. The van der Waals surface area contributed by atoms with Crippen molar-refractivity contribution >= 4 is 29.3 Å². The number of amides is 1. The number of carbonyl (C=O) groups excluding carboxylic acids is 2. The van der Waals surface area contributed by atoms with Crippen molar-refractivity contribution in [3.63, 3.8) is 0 Å². The topological polar surface area (TPSA) is 55.4 Å². The lowest BCUT2D eigenvalue weighted by Crippen LogP contribution is -2.21. The van der Waals surface area contributed by atoms with Crippen LogP contribution in [-0.4, -0.2) is 24.2 Å². The summed E-state index contributed by atoms with van der Waals surface area (Å²) in [6.07, 6.45) is 0. The Labute approximate surface area is 138 Å². The first kappa shape index (κ1) is 17.0. The number of hydrogen-bond acceptors (Lipinski definition) is 4. The molecule has 0 radical (unpaired) electrons. The molecule has 0 fully saturated rings. The van der Waals surface area contributed by atoms with Crippen LogP contribution in [0.15, 0.2) is 53.4 Å². The quantitative estimate of drug-likeness (QED) is 0.650. The van der Waals surface area contributed by atoms with Gasteiger partial charge in [-0.2, -0.15) is 0 Å². The van der Waals surface area contributed by atoms with Gasteiger partial charge in [0.2, 0.25) is 0 Å². The van der Waals surface area contributed by atoms with Crippen molar-refractivity contribution in [2.45, 2.75) is 11.8 Å². The first-order valence-electron chi connectivity index (χ1n) is 6.94. The fourth-order valence-electron chi connectivity index (χ4n) is 1.77. The number of esters is 1. The molecule has 0 unspecified atom stereocenters. The van der Waals surface area contributed by atoms with Crippen molar-refractivity contribution in [1.82, 2.24) is 0 Å². The van der Waals surface area contributed by atoms with Gasteiger partial charge in [-0.05, 0) is 42.8 Å². The van der Waals surface area contributed by atoms with Gasteiger partial charge in [0.25, 0.3) is 5.91 Å². The van der Waals surface area contributed by atoms with Gasteiger partial charge in [-0.1, -0.05) is 18.2 Å². The van der Waals surface area contributed by atoms with Crippen molar-refractivity contribution in [3.05, 3.63) is 59.9 Å². The van der Waals surface area contributed by atoms with Gasteiger partial charge >= 0.3 is 5.97 Å². The highest BCUT2D eigenvalue weighted by molar-refractivity contribution is 8.00. The number of carbonyl (C=O) groups is 2. The van der Waals surface area contributed by atoms with E-state index in [1.165, 1.54) is 36.0 Å². The van der Waals surface area contributed by atoms with Gasteiger partial charge in [0, 0.05) is 10.6 Å². The summed E-state index contributed by atoms with van der Waals surface area (Å²) in [7, 11) is 0. The summed E-state index contributed by atoms with van der Waals surface area (Å²) < 4.78 is 17.7. The summed E-state index contributed by atoms with van der Waals surface area (Å²) in [6, 6.07) is 13.1. The van der Waals surface area contributed by atoms with Gasteiger partial charge in [-0.3, -0.25) is 9.59 Å². The Hall–Kier alpha value is -2.34. The molecule has 0 aliphatic heterocycles. The minimum absolute atomic E-state index is 0.134. The van der Waals surface area contributed by atoms with Gasteiger partial charge in [0.05, 0.1) is 5.75 Å². The molecule has 4 nitrogen and oxygen atoms in total. The van der Waals surface area contributed by atoms with E-state index in [4.69, 9.17) is 4.74 Å². The maximum Gasteiger partial charge on any atom is 0.316 e. The second kappa shape index (κ2) is 8.33. The van der Waals surface area contributed by atoms with E-state index < -0.39 is 11.9 Å². The molecule has 0 aliphatic carbocycles. The SMILES string of the molecule is Cc1ccccc1SCC(=O)OCC(=O)Nc1ccc(F)cc1. The van der Waals surface area contributed by atoms with E-state index >= 15 is 0 Å². The molecule has 0 saturated carbocycles. The smallest absolute Gasteiger partial charge is 0.316 e. The second-order valence-corrected chi connectivity index (χ2v) is 5.79. The Kier molecular flexibility index (Phi) is 6.17. The number of benzene rings is 2. The summed E-state index contributed by atoms with van der Waals surface area (Å²) in [5, 5.41) is 2.52. The van der Waals surface area contributed by atoms with E-state index in [-0.39, 0.29) is 18.2 Å². The normalized spacial score (nSPS) is 10.2. The maximum absolute atomic E-state index is 12.7. The largest absolute Gasteiger partial charge is 0.455 e. The maximum atomic E-state index is 12.7. The van der Waals surface area contributed by atoms with E-state index in [9.17, 15) is 14.0 Å². The molecule has 1 N–H and O–H groups in total. The lowest BCUT2D eigenvalue weighted by atomic mass is 10.2. The van der Waals surface area contributed by atoms with Crippen LogP contribution < -0.4 is 5.32 Å². The summed E-state index contributed by atoms with van der Waals surface area (Å²) in [5.74, 6) is -1.18. The molecule has 2 aromatic carbocycles. The summed E-state index contributed by atoms with van der Waals surface area (Å²) >= 11 is 1.36. The third-order valence-corrected chi connectivity index (χ3v) is 4.08. The molecule has 0 aliphatic rings. The molecule has 2 aromatic rings. The fourth-order valence-corrected chi connectivity index (χ4v) is 2.60. The zero-order chi connectivity index (χ0) is 16.7. The summed E-state index contributed by atoms with van der Waals surface area (Å²) in [6.45, 7) is 1.59. The monoisotopic (exact) mass is 333 g/mol. The van der Waals surface area contributed by atoms with Gasteiger partial charge in [0.1, 0.15) is 5.82 Å². The predicted molar refractivity (Wildman–Crippen MR) is 87.9 cm³/mol. The Balaban J connectivity index is 1.72. The molecular formula is C17H16FNO3S. The highest BCUT2D eigenvalue weighted by Crippen LogP contribution is 2.21. The van der Waals surface area contributed by atoms with Gasteiger partial charge in [-0.15, -0.1) is 11.8 Å². The van der Waals surface area contributed by atoms with Crippen LogP contribution >= 0.6 is 11.8 Å². The molecule has 120 valence electrons. The van der Waals surface area contributed by atoms with Gasteiger partial charge in [0.15, 0.2) is 6.61 Å². The number of rotatable bonds is 6. The van der Waals surface area contributed by atoms with Crippen LogP contribution in [0.4, 0.5) is 10.1 Å². The molecule has 0 atom stereocenters. The van der Waals surface area contributed by atoms with Crippen LogP contribution in [0.5, 0.6) is 0 Å². The first-order chi connectivity index (χ1) is 11.0. The van der Waals surface area contributed by atoms with Crippen LogP contribution in [0.2, 0.25) is 0 Å². The number of halogens is 1. The first-order valence-corrected chi connectivity index (χ1v) is 7.92. The number of hydrogen-bond donors (Lipinski definition) is 1. The summed E-state index contributed by atoms with van der Waals surface area (Å²) in [5.41, 5.74) is 1.53. The van der Waals surface area contributed by atoms with Crippen molar-refractivity contribution < 1.29 is 18.7 Å². The van der Waals surface area contributed by atoms with Gasteiger partial charge in [-0.25, -0.2) is 4.39 Å².